The summed E-state index contributed by atoms with van der Waals surface area (Å²) >= 11 is 0. The maximum absolute atomic E-state index is 6.41. The first-order valence-electron chi connectivity index (χ1n) is 15.4. The topological polar surface area (TPSA) is 33.5 Å². The Bertz CT molecular complexity index is 2120. The van der Waals surface area contributed by atoms with Gasteiger partial charge in [0.1, 0.15) is 5.82 Å². The number of ether oxygens (including phenoxy) is 1. The van der Waals surface area contributed by atoms with E-state index in [-0.39, 0.29) is 26.5 Å². The van der Waals surface area contributed by atoms with Crippen LogP contribution in [0.25, 0.3) is 27.6 Å². The number of hydrogen-bond acceptors (Lipinski definition) is 4. The van der Waals surface area contributed by atoms with Gasteiger partial charge in [-0.1, -0.05) is 50.6 Å². The smallest absolute Gasteiger partial charge is 0.135 e. The summed E-state index contributed by atoms with van der Waals surface area (Å²) in [4.78, 5) is 9.04. The molecular formula is C40H37N4OPt-3. The molecule has 0 spiro atoms. The molecule has 2 aromatic heterocycles. The van der Waals surface area contributed by atoms with Gasteiger partial charge in [0.05, 0.1) is 0 Å². The molecule has 6 aromatic rings. The molecule has 0 radical (unpaired) electrons. The van der Waals surface area contributed by atoms with Crippen molar-refractivity contribution in [2.45, 2.75) is 53.9 Å². The summed E-state index contributed by atoms with van der Waals surface area (Å²) in [6, 6.07) is 32.0. The Morgan fingerprint density at radius 3 is 2.30 bits per heavy atom. The molecule has 1 aliphatic heterocycles. The van der Waals surface area contributed by atoms with E-state index in [0.717, 1.165) is 33.3 Å². The Labute approximate surface area is 286 Å². The molecule has 1 aliphatic rings. The van der Waals surface area contributed by atoms with E-state index >= 15 is 0 Å². The third-order valence-corrected chi connectivity index (χ3v) is 8.86. The van der Waals surface area contributed by atoms with Crippen LogP contribution in [0.15, 0.2) is 91.4 Å². The number of hydrogen-bond donors (Lipinski definition) is 0. The van der Waals surface area contributed by atoms with E-state index < -0.39 is 0 Å². The van der Waals surface area contributed by atoms with Crippen molar-refractivity contribution < 1.29 is 25.8 Å². The average molecular weight is 785 g/mol. The maximum atomic E-state index is 6.41. The van der Waals surface area contributed by atoms with Crippen LogP contribution in [0.3, 0.4) is 0 Å². The van der Waals surface area contributed by atoms with Gasteiger partial charge in [0.2, 0.25) is 0 Å². The summed E-state index contributed by atoms with van der Waals surface area (Å²) in [5.41, 5.74) is 10.5. The first kappa shape index (κ1) is 31.6. The van der Waals surface area contributed by atoms with Gasteiger partial charge >= 0.3 is 0 Å². The van der Waals surface area contributed by atoms with Crippen molar-refractivity contribution in [1.82, 2.24) is 9.55 Å². The minimum absolute atomic E-state index is 0. The van der Waals surface area contributed by atoms with E-state index in [2.05, 4.69) is 143 Å². The third kappa shape index (κ3) is 5.62. The number of nitrogens with zero attached hydrogens (tertiary/aromatic N) is 4. The van der Waals surface area contributed by atoms with Crippen molar-refractivity contribution >= 4 is 33.2 Å². The molecule has 236 valence electrons. The van der Waals surface area contributed by atoms with Crippen LogP contribution in [0.5, 0.6) is 11.5 Å². The molecule has 0 bridgehead atoms. The van der Waals surface area contributed by atoms with Crippen LogP contribution in [0, 0.1) is 46.5 Å². The Morgan fingerprint density at radius 2 is 1.50 bits per heavy atom. The van der Waals surface area contributed by atoms with Crippen LogP contribution in [-0.4, -0.2) is 9.55 Å². The number of fused-ring (bicyclic) bond motifs is 3. The van der Waals surface area contributed by atoms with Crippen molar-refractivity contribution in [1.29, 1.82) is 0 Å². The van der Waals surface area contributed by atoms with E-state index in [9.17, 15) is 0 Å². The summed E-state index contributed by atoms with van der Waals surface area (Å²) in [7, 11) is 0. The minimum atomic E-state index is 0. The second-order valence-corrected chi connectivity index (χ2v) is 12.9. The van der Waals surface area contributed by atoms with Crippen molar-refractivity contribution in [3.63, 3.8) is 0 Å². The monoisotopic (exact) mass is 784 g/mol. The number of anilines is 2. The summed E-state index contributed by atoms with van der Waals surface area (Å²) in [5, 5.41) is 2.26. The molecule has 3 heterocycles. The second-order valence-electron chi connectivity index (χ2n) is 12.9. The molecule has 0 fully saturated rings. The minimum Gasteiger partial charge on any atom is -0.509 e. The quantitative estimate of drug-likeness (QED) is 0.163. The van der Waals surface area contributed by atoms with Crippen molar-refractivity contribution in [3.05, 3.63) is 138 Å². The fourth-order valence-corrected chi connectivity index (χ4v) is 6.24. The molecular weight excluding hydrogens is 748 g/mol. The molecule has 0 atom stereocenters. The van der Waals surface area contributed by atoms with E-state index in [1.54, 1.807) is 0 Å². The molecule has 0 aliphatic carbocycles. The summed E-state index contributed by atoms with van der Waals surface area (Å²) < 4.78 is 8.59. The van der Waals surface area contributed by atoms with Crippen LogP contribution in [0.2, 0.25) is 0 Å². The van der Waals surface area contributed by atoms with E-state index in [0.29, 0.717) is 11.5 Å². The zero-order chi connectivity index (χ0) is 31.5. The number of para-hydroxylation sites is 1. The van der Waals surface area contributed by atoms with Crippen LogP contribution < -0.4 is 14.5 Å². The number of aryl methyl sites for hydroxylation is 2. The van der Waals surface area contributed by atoms with Gasteiger partial charge in [0.15, 0.2) is 0 Å². The molecule has 7 rings (SSSR count). The Kier molecular flexibility index (Phi) is 8.33. The summed E-state index contributed by atoms with van der Waals surface area (Å²) in [6.45, 7) is 17.5. The number of benzene rings is 4. The number of pyridine rings is 1. The van der Waals surface area contributed by atoms with Crippen molar-refractivity contribution in [3.8, 4) is 17.3 Å². The van der Waals surface area contributed by atoms with Crippen LogP contribution in [0.1, 0.15) is 48.6 Å². The summed E-state index contributed by atoms with van der Waals surface area (Å²) in [6.07, 6.45) is 6.04. The third-order valence-electron chi connectivity index (χ3n) is 8.86. The van der Waals surface area contributed by atoms with E-state index in [1.165, 1.54) is 33.5 Å². The van der Waals surface area contributed by atoms with Crippen LogP contribution >= 0.6 is 0 Å². The zero-order valence-corrected chi connectivity index (χ0v) is 29.5. The van der Waals surface area contributed by atoms with Gasteiger partial charge in [0, 0.05) is 50.0 Å². The van der Waals surface area contributed by atoms with Crippen LogP contribution in [-0.2, 0) is 26.5 Å². The number of aromatic nitrogens is 2. The Morgan fingerprint density at radius 1 is 0.739 bits per heavy atom. The van der Waals surface area contributed by atoms with Gasteiger partial charge in [-0.2, -0.15) is 12.1 Å². The van der Waals surface area contributed by atoms with Crippen LogP contribution in [0.4, 0.5) is 11.4 Å². The van der Waals surface area contributed by atoms with Crippen molar-refractivity contribution in [2.24, 2.45) is 0 Å². The van der Waals surface area contributed by atoms with Gasteiger partial charge in [-0.15, -0.1) is 48.1 Å². The fraction of sp³-hybridized carbons (Fsp3) is 0.200. The first-order valence-corrected chi connectivity index (χ1v) is 15.4. The van der Waals surface area contributed by atoms with Gasteiger partial charge in [0.25, 0.3) is 0 Å². The van der Waals surface area contributed by atoms with Crippen molar-refractivity contribution in [2.75, 3.05) is 9.80 Å². The van der Waals surface area contributed by atoms with Gasteiger partial charge in [-0.05, 0) is 96.9 Å². The molecule has 0 saturated carbocycles. The molecule has 0 amide bonds. The van der Waals surface area contributed by atoms with Gasteiger partial charge in [-0.3, -0.25) is 0 Å². The molecule has 6 heteroatoms. The predicted octanol–water partition coefficient (Wildman–Crippen LogP) is 10.0. The molecule has 0 saturated heterocycles. The summed E-state index contributed by atoms with van der Waals surface area (Å²) in [5.74, 6) is 2.11. The van der Waals surface area contributed by atoms with Gasteiger partial charge < -0.3 is 19.1 Å². The molecule has 46 heavy (non-hydrogen) atoms. The second kappa shape index (κ2) is 12.1. The molecule has 5 nitrogen and oxygen atoms in total. The average Bonchev–Trinajstić information content (AvgIpc) is 3.63. The van der Waals surface area contributed by atoms with E-state index in [4.69, 9.17) is 9.72 Å². The van der Waals surface area contributed by atoms with E-state index in [1.807, 2.05) is 30.5 Å². The largest absolute Gasteiger partial charge is 0.509 e. The maximum Gasteiger partial charge on any atom is 0.135 e. The number of rotatable bonds is 5. The molecule has 4 aromatic carbocycles. The Hall–Kier alpha value is -4.34. The molecule has 0 unspecified atom stereocenters. The predicted molar refractivity (Wildman–Crippen MR) is 185 cm³/mol. The fourth-order valence-electron chi connectivity index (χ4n) is 6.24. The Balaban J connectivity index is 0.00000372. The first-order chi connectivity index (χ1) is 21.6. The zero-order valence-electron chi connectivity index (χ0n) is 27.3. The van der Waals surface area contributed by atoms with Gasteiger partial charge in [-0.25, -0.2) is 4.98 Å². The SMILES string of the molecule is Cc1cc(C)c(N2C=CN(c3[c-]c(Oc4[c-]c5c(cc4)c4ccccc4n5-c4cc(C(C)(C)C)ccn4)ccc3)[CH-]2)c(C)c1C.[Pt]. The standard InChI is InChI=1S/C40H37N4O.Pt/c1-26-21-27(2)39(29(4)28(26)3)43-20-19-42(25-43)31-11-10-12-32(23-31)45-33-15-16-35-34-13-8-9-14-36(34)44(37(35)24-33)38-22-30(17-18-41-38)40(5,6)7;/h8-22,25H,1-7H3;/q-3;. The molecule has 0 N–H and O–H groups in total. The normalized spacial score (nSPS) is 13.1.